The Morgan fingerprint density at radius 1 is 1.31 bits per heavy atom. The van der Waals surface area contributed by atoms with Gasteiger partial charge in [0.25, 0.3) is 0 Å². The highest BCUT2D eigenvalue weighted by atomic mass is 32.2. The summed E-state index contributed by atoms with van der Waals surface area (Å²) in [4.78, 5) is 0. The molecule has 0 saturated heterocycles. The molecule has 5 heteroatoms. The molecular formula is C11H16FNO2S. The minimum atomic E-state index is -3.13. The summed E-state index contributed by atoms with van der Waals surface area (Å²) in [6.07, 6.45) is 1.59. The van der Waals surface area contributed by atoms with Gasteiger partial charge in [0.1, 0.15) is 5.82 Å². The predicted octanol–water partition coefficient (Wildman–Crippen LogP) is 1.13. The number of benzene rings is 1. The lowest BCUT2D eigenvalue weighted by Gasteiger charge is -2.18. The van der Waals surface area contributed by atoms with Gasteiger partial charge in [-0.05, 0) is 31.0 Å². The highest BCUT2D eigenvalue weighted by Gasteiger charge is 2.22. The molecule has 0 spiro atoms. The van der Waals surface area contributed by atoms with E-state index >= 15 is 0 Å². The summed E-state index contributed by atoms with van der Waals surface area (Å²) >= 11 is 0. The zero-order chi connectivity index (χ0) is 12.3. The molecule has 2 unspecified atom stereocenters. The molecule has 0 bridgehead atoms. The highest BCUT2D eigenvalue weighted by molar-refractivity contribution is 7.91. The first kappa shape index (κ1) is 13.1. The van der Waals surface area contributed by atoms with E-state index in [1.807, 2.05) is 0 Å². The fraction of sp³-hybridized carbons (Fsp3) is 0.455. The van der Waals surface area contributed by atoms with Crippen molar-refractivity contribution < 1.29 is 12.8 Å². The van der Waals surface area contributed by atoms with Crippen molar-refractivity contribution in [2.24, 2.45) is 5.73 Å². The zero-order valence-corrected chi connectivity index (χ0v) is 10.2. The summed E-state index contributed by atoms with van der Waals surface area (Å²) in [5, 5.41) is -0.599. The van der Waals surface area contributed by atoms with E-state index in [-0.39, 0.29) is 5.82 Å². The van der Waals surface area contributed by atoms with E-state index in [9.17, 15) is 12.8 Å². The molecule has 1 rings (SSSR count). The fourth-order valence-electron chi connectivity index (χ4n) is 1.38. The molecule has 1 aromatic rings. The van der Waals surface area contributed by atoms with Crippen molar-refractivity contribution in [2.75, 3.05) is 6.26 Å². The third-order valence-corrected chi connectivity index (χ3v) is 4.36. The first-order chi connectivity index (χ1) is 7.30. The molecule has 0 fully saturated rings. The van der Waals surface area contributed by atoms with E-state index in [0.717, 1.165) is 5.56 Å². The summed E-state index contributed by atoms with van der Waals surface area (Å²) in [5.41, 5.74) is 6.64. The van der Waals surface area contributed by atoms with Gasteiger partial charge in [0.2, 0.25) is 0 Å². The normalized spacial score (nSPS) is 15.8. The van der Waals surface area contributed by atoms with E-state index in [4.69, 9.17) is 5.73 Å². The molecule has 90 valence electrons. The Hall–Kier alpha value is -0.940. The van der Waals surface area contributed by atoms with Crippen LogP contribution < -0.4 is 5.73 Å². The molecule has 0 aliphatic rings. The van der Waals surface area contributed by atoms with Gasteiger partial charge in [0.15, 0.2) is 9.84 Å². The van der Waals surface area contributed by atoms with Crippen LogP contribution in [0.4, 0.5) is 4.39 Å². The van der Waals surface area contributed by atoms with E-state index < -0.39 is 21.1 Å². The highest BCUT2D eigenvalue weighted by Crippen LogP contribution is 2.10. The monoisotopic (exact) mass is 245 g/mol. The smallest absolute Gasteiger partial charge is 0.151 e. The van der Waals surface area contributed by atoms with Gasteiger partial charge in [-0.3, -0.25) is 0 Å². The van der Waals surface area contributed by atoms with Crippen molar-refractivity contribution in [2.45, 2.75) is 24.6 Å². The Morgan fingerprint density at radius 3 is 2.25 bits per heavy atom. The van der Waals surface area contributed by atoms with Gasteiger partial charge in [-0.15, -0.1) is 0 Å². The largest absolute Gasteiger partial charge is 0.326 e. The van der Waals surface area contributed by atoms with Gasteiger partial charge in [-0.2, -0.15) is 0 Å². The first-order valence-electron chi connectivity index (χ1n) is 4.99. The maximum atomic E-state index is 12.6. The Labute approximate surface area is 95.4 Å². The number of hydrogen-bond donors (Lipinski definition) is 1. The van der Waals surface area contributed by atoms with Crippen molar-refractivity contribution in [3.63, 3.8) is 0 Å². The molecule has 3 nitrogen and oxygen atoms in total. The average Bonchev–Trinajstić information content (AvgIpc) is 2.19. The summed E-state index contributed by atoms with van der Waals surface area (Å²) in [7, 11) is -3.13. The molecule has 0 amide bonds. The van der Waals surface area contributed by atoms with Crippen LogP contribution in [-0.4, -0.2) is 26.0 Å². The number of halogens is 1. The lowest BCUT2D eigenvalue weighted by molar-refractivity contribution is 0.561. The molecule has 0 saturated carbocycles. The fourth-order valence-corrected chi connectivity index (χ4v) is 2.11. The molecule has 0 heterocycles. The quantitative estimate of drug-likeness (QED) is 0.865. The Morgan fingerprint density at radius 2 is 1.81 bits per heavy atom. The zero-order valence-electron chi connectivity index (χ0n) is 9.35. The van der Waals surface area contributed by atoms with Crippen LogP contribution in [0.2, 0.25) is 0 Å². The van der Waals surface area contributed by atoms with Crippen molar-refractivity contribution >= 4 is 9.84 Å². The topological polar surface area (TPSA) is 60.2 Å². The van der Waals surface area contributed by atoms with Crippen LogP contribution in [0.1, 0.15) is 12.5 Å². The molecule has 0 aliphatic heterocycles. The lowest BCUT2D eigenvalue weighted by Crippen LogP contribution is -2.39. The van der Waals surface area contributed by atoms with Crippen LogP contribution in [0, 0.1) is 5.82 Å². The van der Waals surface area contributed by atoms with Gasteiger partial charge in [-0.25, -0.2) is 12.8 Å². The second-order valence-electron chi connectivity index (χ2n) is 4.03. The average molecular weight is 245 g/mol. The molecule has 1 aromatic carbocycles. The Bertz CT molecular complexity index is 442. The van der Waals surface area contributed by atoms with Crippen LogP contribution >= 0.6 is 0 Å². The summed E-state index contributed by atoms with van der Waals surface area (Å²) in [6, 6.07) is 5.44. The number of rotatable bonds is 4. The second-order valence-corrected chi connectivity index (χ2v) is 6.43. The van der Waals surface area contributed by atoms with Crippen molar-refractivity contribution in [1.29, 1.82) is 0 Å². The molecule has 0 aliphatic carbocycles. The maximum absolute atomic E-state index is 12.6. The van der Waals surface area contributed by atoms with E-state index in [1.165, 1.54) is 18.4 Å². The van der Waals surface area contributed by atoms with Crippen LogP contribution in [-0.2, 0) is 16.3 Å². The van der Waals surface area contributed by atoms with Crippen molar-refractivity contribution in [3.8, 4) is 0 Å². The number of hydrogen-bond acceptors (Lipinski definition) is 3. The Kier molecular flexibility index (Phi) is 4.04. The SMILES string of the molecule is CC(C(N)Cc1ccc(F)cc1)S(C)(=O)=O. The summed E-state index contributed by atoms with van der Waals surface area (Å²) < 4.78 is 35.2. The molecule has 2 N–H and O–H groups in total. The number of sulfone groups is 1. The third-order valence-electron chi connectivity index (χ3n) is 2.66. The summed E-state index contributed by atoms with van der Waals surface area (Å²) in [5.74, 6) is -0.312. The molecule has 2 atom stereocenters. The van der Waals surface area contributed by atoms with E-state index in [0.29, 0.717) is 6.42 Å². The molecule has 16 heavy (non-hydrogen) atoms. The van der Waals surface area contributed by atoms with Crippen LogP contribution in [0.3, 0.4) is 0 Å². The second kappa shape index (κ2) is 4.93. The minimum absolute atomic E-state index is 0.312. The maximum Gasteiger partial charge on any atom is 0.151 e. The Balaban J connectivity index is 2.71. The predicted molar refractivity (Wildman–Crippen MR) is 62.4 cm³/mol. The van der Waals surface area contributed by atoms with Gasteiger partial charge in [0, 0.05) is 12.3 Å². The van der Waals surface area contributed by atoms with Crippen LogP contribution in [0.5, 0.6) is 0 Å². The molecule has 0 aromatic heterocycles. The molecule has 0 radical (unpaired) electrons. The van der Waals surface area contributed by atoms with E-state index in [2.05, 4.69) is 0 Å². The number of nitrogens with two attached hydrogens (primary N) is 1. The van der Waals surface area contributed by atoms with Gasteiger partial charge in [0.05, 0.1) is 5.25 Å². The van der Waals surface area contributed by atoms with Gasteiger partial charge < -0.3 is 5.73 Å². The van der Waals surface area contributed by atoms with Gasteiger partial charge in [-0.1, -0.05) is 12.1 Å². The lowest BCUT2D eigenvalue weighted by atomic mass is 10.0. The first-order valence-corrected chi connectivity index (χ1v) is 6.95. The molecular weight excluding hydrogens is 229 g/mol. The third kappa shape index (κ3) is 3.57. The van der Waals surface area contributed by atoms with E-state index in [1.54, 1.807) is 19.1 Å². The van der Waals surface area contributed by atoms with Gasteiger partial charge >= 0.3 is 0 Å². The van der Waals surface area contributed by atoms with Crippen LogP contribution in [0.15, 0.2) is 24.3 Å². The standard InChI is InChI=1S/C11H16FNO2S/c1-8(16(2,14)15)11(13)7-9-3-5-10(12)6-4-9/h3-6,8,11H,7,13H2,1-2H3. The minimum Gasteiger partial charge on any atom is -0.326 e. The summed E-state index contributed by atoms with van der Waals surface area (Å²) in [6.45, 7) is 1.59. The van der Waals surface area contributed by atoms with Crippen LogP contribution in [0.25, 0.3) is 0 Å². The van der Waals surface area contributed by atoms with Crippen molar-refractivity contribution in [1.82, 2.24) is 0 Å². The van der Waals surface area contributed by atoms with Crippen molar-refractivity contribution in [3.05, 3.63) is 35.6 Å².